The molecule has 2 atom stereocenters. The molecule has 4 aromatic rings. The zero-order valence-electron chi connectivity index (χ0n) is 14.8. The summed E-state index contributed by atoms with van der Waals surface area (Å²) in [5.74, 6) is 0. The van der Waals surface area contributed by atoms with Gasteiger partial charge in [0.15, 0.2) is 37.9 Å². The Morgan fingerprint density at radius 1 is 0.607 bits per heavy atom. The number of hydrogen-bond acceptors (Lipinski definition) is 0. The summed E-state index contributed by atoms with van der Waals surface area (Å²) in [4.78, 5) is 0.845. The summed E-state index contributed by atoms with van der Waals surface area (Å²) < 4.78 is 4.57. The Morgan fingerprint density at radius 3 is 1.14 bits per heavy atom. The van der Waals surface area contributed by atoms with E-state index < -0.39 is 0 Å². The average Bonchev–Trinajstić information content (AvgIpc) is 2.65. The molecule has 0 amide bonds. The number of pyridine rings is 2. The van der Waals surface area contributed by atoms with E-state index in [9.17, 15) is 0 Å². The van der Waals surface area contributed by atoms with Crippen LogP contribution in [0.3, 0.4) is 0 Å². The lowest BCUT2D eigenvalue weighted by Crippen LogP contribution is -3.00. The lowest BCUT2D eigenvalue weighted by Gasteiger charge is -2.10. The van der Waals surface area contributed by atoms with Gasteiger partial charge in [-0.3, -0.25) is 0 Å². The molecule has 2 unspecified atom stereocenters. The Kier molecular flexibility index (Phi) is 9.62. The average molecular weight is 766 g/mol. The third-order valence-electron chi connectivity index (χ3n) is 4.66. The predicted molar refractivity (Wildman–Crippen MR) is 124 cm³/mol. The molecule has 0 radical (unpaired) electrons. The largest absolute Gasteiger partial charge is 1.00 e. The Hall–Kier alpha value is 0.660. The molecular weight excluding hydrogens is 748 g/mol. The summed E-state index contributed by atoms with van der Waals surface area (Å²) in [6.07, 6.45) is 9.05. The number of alkyl halides is 4. The molecule has 150 valence electrons. The van der Waals surface area contributed by atoms with E-state index in [2.05, 4.69) is 122 Å². The van der Waals surface area contributed by atoms with Gasteiger partial charge in [0.1, 0.15) is 0 Å². The molecule has 4 rings (SSSR count). The molecule has 28 heavy (non-hydrogen) atoms. The van der Waals surface area contributed by atoms with Crippen molar-refractivity contribution in [3.05, 3.63) is 49.1 Å². The molecule has 0 fully saturated rings. The number of benzene rings is 2. The fourth-order valence-corrected chi connectivity index (χ4v) is 4.67. The molecule has 0 aliphatic carbocycles. The highest BCUT2D eigenvalue weighted by Gasteiger charge is 2.18. The van der Waals surface area contributed by atoms with E-state index in [1.807, 2.05) is 0 Å². The second-order valence-corrected chi connectivity index (χ2v) is 10.5. The Morgan fingerprint density at radius 2 is 0.893 bits per heavy atom. The van der Waals surface area contributed by atoms with Gasteiger partial charge in [0.25, 0.3) is 0 Å². The fourth-order valence-electron chi connectivity index (χ4n) is 3.59. The van der Waals surface area contributed by atoms with Gasteiger partial charge in [-0.1, -0.05) is 63.7 Å². The minimum absolute atomic E-state index is 0. The zero-order valence-corrected chi connectivity index (χ0v) is 24.3. The molecule has 0 bridgehead atoms. The predicted octanol–water partition coefficient (Wildman–Crippen LogP) is -0.516. The van der Waals surface area contributed by atoms with Gasteiger partial charge in [0.2, 0.25) is 0 Å². The van der Waals surface area contributed by atoms with Gasteiger partial charge in [-0.25, -0.2) is 9.13 Å². The maximum Gasteiger partial charge on any atom is 0.176 e. The molecule has 0 aliphatic rings. The lowest BCUT2D eigenvalue weighted by atomic mass is 9.97. The number of aromatic nitrogens is 2. The molecule has 2 aromatic carbocycles. The SMILES string of the molecule is BrCC(Br)C[n+]1cc2ccc3c[n+](CC(Br)CBr)cc4ccc(c1)c2c34.[Br-].[Br-]. The normalized spacial score (nSPS) is 13.4. The summed E-state index contributed by atoms with van der Waals surface area (Å²) in [5.41, 5.74) is 0. The monoisotopic (exact) mass is 760 g/mol. The molecular formula is C20H18Br6N2. The molecule has 0 saturated heterocycles. The number of hydrogen-bond donors (Lipinski definition) is 0. The molecule has 2 heterocycles. The summed E-state index contributed by atoms with van der Waals surface area (Å²) in [6, 6.07) is 8.99. The minimum atomic E-state index is 0. The number of halogens is 6. The van der Waals surface area contributed by atoms with E-state index in [0.717, 1.165) is 23.7 Å². The van der Waals surface area contributed by atoms with Crippen LogP contribution < -0.4 is 43.1 Å². The van der Waals surface area contributed by atoms with E-state index in [4.69, 9.17) is 0 Å². The first-order valence-corrected chi connectivity index (χ1v) is 12.6. The van der Waals surface area contributed by atoms with Crippen LogP contribution in [0.1, 0.15) is 0 Å². The van der Waals surface area contributed by atoms with Crippen LogP contribution in [-0.2, 0) is 13.1 Å². The Balaban J connectivity index is 0.00000140. The quantitative estimate of drug-likeness (QED) is 0.142. The van der Waals surface area contributed by atoms with Crippen LogP contribution in [0.2, 0.25) is 0 Å². The Bertz CT molecular complexity index is 919. The molecule has 0 N–H and O–H groups in total. The maximum atomic E-state index is 3.71. The summed E-state index contributed by atoms with van der Waals surface area (Å²) in [6.45, 7) is 1.89. The summed E-state index contributed by atoms with van der Waals surface area (Å²) in [7, 11) is 0. The smallest absolute Gasteiger partial charge is 0.176 e. The van der Waals surface area contributed by atoms with Crippen molar-refractivity contribution in [1.82, 2.24) is 0 Å². The minimum Gasteiger partial charge on any atom is -1.00 e. The molecule has 0 aliphatic heterocycles. The van der Waals surface area contributed by atoms with Crippen molar-refractivity contribution in [1.29, 1.82) is 0 Å². The second-order valence-electron chi connectivity index (χ2n) is 6.65. The lowest BCUT2D eigenvalue weighted by molar-refractivity contribution is -0.693. The van der Waals surface area contributed by atoms with Gasteiger partial charge in [-0.2, -0.15) is 0 Å². The van der Waals surface area contributed by atoms with Gasteiger partial charge >= 0.3 is 0 Å². The third kappa shape index (κ3) is 5.10. The van der Waals surface area contributed by atoms with Crippen molar-refractivity contribution < 1.29 is 43.1 Å². The first-order chi connectivity index (χ1) is 12.6. The van der Waals surface area contributed by atoms with Crippen LogP contribution in [0.25, 0.3) is 32.3 Å². The molecule has 0 spiro atoms. The zero-order chi connectivity index (χ0) is 18.3. The third-order valence-corrected chi connectivity index (χ3v) is 9.19. The van der Waals surface area contributed by atoms with Crippen LogP contribution in [0.4, 0.5) is 0 Å². The van der Waals surface area contributed by atoms with Crippen LogP contribution in [0, 0.1) is 0 Å². The summed E-state index contributed by atoms with van der Waals surface area (Å²) >= 11 is 14.5. The van der Waals surface area contributed by atoms with E-state index in [1.165, 1.54) is 32.3 Å². The van der Waals surface area contributed by atoms with Crippen molar-refractivity contribution >= 4 is 96.0 Å². The highest BCUT2D eigenvalue weighted by Crippen LogP contribution is 2.32. The highest BCUT2D eigenvalue weighted by atomic mass is 79.9. The van der Waals surface area contributed by atoms with Gasteiger partial charge in [-0.15, -0.1) is 0 Å². The standard InChI is InChI=1S/C20H18Br4N2.2BrH/c21-5-17(23)11-25-7-13-1-2-14-8-26(12-18(24)6-22)10-16-4-3-15(9-25)19(13)20(14)16;;/h1-4,7-10,17-18H,5-6,11-12H2;2*1H/q+2;;/p-2. The topological polar surface area (TPSA) is 7.76 Å². The molecule has 2 nitrogen and oxygen atoms in total. The van der Waals surface area contributed by atoms with Crippen molar-refractivity contribution in [3.8, 4) is 0 Å². The highest BCUT2D eigenvalue weighted by molar-refractivity contribution is 9.12. The molecule has 2 aromatic heterocycles. The maximum absolute atomic E-state index is 3.71. The van der Waals surface area contributed by atoms with E-state index >= 15 is 0 Å². The van der Waals surface area contributed by atoms with Crippen molar-refractivity contribution in [2.24, 2.45) is 0 Å². The molecule has 0 saturated carbocycles. The Labute approximate surface area is 219 Å². The van der Waals surface area contributed by atoms with Crippen molar-refractivity contribution in [3.63, 3.8) is 0 Å². The molecule has 8 heteroatoms. The van der Waals surface area contributed by atoms with Gasteiger partial charge in [0, 0.05) is 43.0 Å². The van der Waals surface area contributed by atoms with Crippen LogP contribution in [-0.4, -0.2) is 20.3 Å². The van der Waals surface area contributed by atoms with Crippen LogP contribution >= 0.6 is 63.7 Å². The second kappa shape index (κ2) is 10.8. The van der Waals surface area contributed by atoms with Gasteiger partial charge in [-0.05, 0) is 24.3 Å². The van der Waals surface area contributed by atoms with Crippen LogP contribution in [0.15, 0.2) is 49.1 Å². The first kappa shape index (κ1) is 24.9. The van der Waals surface area contributed by atoms with Crippen LogP contribution in [0.5, 0.6) is 0 Å². The van der Waals surface area contributed by atoms with Gasteiger partial charge in [0.05, 0.1) is 9.65 Å². The number of nitrogens with zero attached hydrogens (tertiary/aromatic N) is 2. The van der Waals surface area contributed by atoms with E-state index in [0.29, 0.717) is 9.65 Å². The van der Waals surface area contributed by atoms with Crippen molar-refractivity contribution in [2.45, 2.75) is 22.7 Å². The van der Waals surface area contributed by atoms with Gasteiger partial charge < -0.3 is 34.0 Å². The number of rotatable bonds is 6. The van der Waals surface area contributed by atoms with Crippen molar-refractivity contribution in [2.75, 3.05) is 10.7 Å². The van der Waals surface area contributed by atoms with E-state index in [1.54, 1.807) is 0 Å². The first-order valence-electron chi connectivity index (χ1n) is 8.50. The summed E-state index contributed by atoms with van der Waals surface area (Å²) in [5, 5.41) is 9.80. The van der Waals surface area contributed by atoms with E-state index in [-0.39, 0.29) is 34.0 Å². The fraction of sp³-hybridized carbons (Fsp3) is 0.300.